The van der Waals surface area contributed by atoms with Gasteiger partial charge in [0, 0.05) is 4.83 Å². The summed E-state index contributed by atoms with van der Waals surface area (Å²) in [5.74, 6) is 2.83. The van der Waals surface area contributed by atoms with Gasteiger partial charge in [-0.25, -0.2) is 4.39 Å². The molecule has 0 amide bonds. The van der Waals surface area contributed by atoms with E-state index < -0.39 is 0 Å². The second kappa shape index (κ2) is 4.81. The Bertz CT molecular complexity index is 519. The van der Waals surface area contributed by atoms with Gasteiger partial charge in [-0.3, -0.25) is 0 Å². The minimum Gasteiger partial charge on any atom is -0.206 e. The van der Waals surface area contributed by atoms with Gasteiger partial charge in [0.1, 0.15) is 5.82 Å². The number of alkyl halides is 1. The summed E-state index contributed by atoms with van der Waals surface area (Å²) in [5, 5.41) is 0. The Labute approximate surface area is 135 Å². The van der Waals surface area contributed by atoms with Crippen LogP contribution in [-0.2, 0) is 0 Å². The summed E-state index contributed by atoms with van der Waals surface area (Å²) < 4.78 is 13.9. The largest absolute Gasteiger partial charge is 0.206 e. The van der Waals surface area contributed by atoms with Crippen LogP contribution in [0.5, 0.6) is 0 Å². The van der Waals surface area contributed by atoms with Gasteiger partial charge in [0.25, 0.3) is 0 Å². The molecule has 2 heteroatoms. The zero-order chi connectivity index (χ0) is 14.8. The van der Waals surface area contributed by atoms with Crippen molar-refractivity contribution in [1.29, 1.82) is 0 Å². The van der Waals surface area contributed by atoms with E-state index in [1.807, 2.05) is 13.8 Å². The molecule has 1 aromatic carbocycles. The van der Waals surface area contributed by atoms with Gasteiger partial charge in [-0.15, -0.1) is 0 Å². The molecule has 0 N–H and O–H groups in total. The molecule has 1 aromatic rings. The summed E-state index contributed by atoms with van der Waals surface area (Å²) in [6.45, 7) is 3.79. The van der Waals surface area contributed by atoms with Crippen molar-refractivity contribution in [1.82, 2.24) is 0 Å². The van der Waals surface area contributed by atoms with Crippen molar-refractivity contribution in [3.63, 3.8) is 0 Å². The van der Waals surface area contributed by atoms with Crippen molar-refractivity contribution in [2.24, 2.45) is 23.2 Å². The number of hydrogen-bond acceptors (Lipinski definition) is 0. The number of aryl methyl sites for hydroxylation is 2. The van der Waals surface area contributed by atoms with Crippen LogP contribution in [0.1, 0.15) is 60.0 Å². The van der Waals surface area contributed by atoms with Gasteiger partial charge in [0.2, 0.25) is 0 Å². The van der Waals surface area contributed by atoms with Crippen LogP contribution >= 0.6 is 15.9 Å². The van der Waals surface area contributed by atoms with Crippen LogP contribution in [0.15, 0.2) is 12.1 Å². The molecule has 4 fully saturated rings. The van der Waals surface area contributed by atoms with E-state index in [9.17, 15) is 4.39 Å². The predicted molar refractivity (Wildman–Crippen MR) is 88.1 cm³/mol. The van der Waals surface area contributed by atoms with E-state index >= 15 is 0 Å². The van der Waals surface area contributed by atoms with Crippen LogP contribution in [0.25, 0.3) is 0 Å². The molecule has 4 aliphatic rings. The number of hydrogen-bond donors (Lipinski definition) is 0. The van der Waals surface area contributed by atoms with Gasteiger partial charge in [-0.1, -0.05) is 28.1 Å². The molecule has 0 saturated heterocycles. The van der Waals surface area contributed by atoms with Gasteiger partial charge in [-0.05, 0) is 92.2 Å². The van der Waals surface area contributed by atoms with E-state index in [2.05, 4.69) is 28.1 Å². The quantitative estimate of drug-likeness (QED) is 0.565. The fraction of sp³-hybridized carbons (Fsp3) is 0.684. The maximum absolute atomic E-state index is 13.9. The third-order valence-corrected chi connectivity index (χ3v) is 7.87. The summed E-state index contributed by atoms with van der Waals surface area (Å²) in [6.07, 6.45) is 8.56. The molecular formula is C19H24BrF. The minimum atomic E-state index is -0.0380. The number of rotatable bonds is 2. The van der Waals surface area contributed by atoms with Crippen LogP contribution in [0.2, 0.25) is 0 Å². The topological polar surface area (TPSA) is 0 Å². The smallest absolute Gasteiger partial charge is 0.129 e. The molecule has 0 heterocycles. The van der Waals surface area contributed by atoms with Gasteiger partial charge < -0.3 is 0 Å². The first-order valence-corrected chi connectivity index (χ1v) is 9.29. The fourth-order valence-corrected chi connectivity index (χ4v) is 6.79. The Kier molecular flexibility index (Phi) is 3.26. The Hall–Kier alpha value is -0.370. The van der Waals surface area contributed by atoms with E-state index in [1.54, 1.807) is 0 Å². The molecule has 5 rings (SSSR count). The molecule has 4 saturated carbocycles. The lowest BCUT2D eigenvalue weighted by Crippen LogP contribution is -2.47. The molecule has 0 nitrogen and oxygen atoms in total. The van der Waals surface area contributed by atoms with E-state index in [0.29, 0.717) is 10.2 Å². The summed E-state index contributed by atoms with van der Waals surface area (Å²) in [7, 11) is 0. The highest BCUT2D eigenvalue weighted by Crippen LogP contribution is 2.65. The third kappa shape index (κ3) is 2.20. The molecule has 1 atom stereocenters. The normalized spacial score (nSPS) is 38.8. The van der Waals surface area contributed by atoms with E-state index in [4.69, 9.17) is 0 Å². The van der Waals surface area contributed by atoms with Crippen molar-refractivity contribution in [2.75, 3.05) is 0 Å². The summed E-state index contributed by atoms with van der Waals surface area (Å²) in [5.41, 5.74) is 3.32. The lowest BCUT2D eigenvalue weighted by molar-refractivity contribution is -0.0528. The van der Waals surface area contributed by atoms with Crippen LogP contribution in [0.4, 0.5) is 4.39 Å². The van der Waals surface area contributed by atoms with E-state index in [1.165, 1.54) is 44.1 Å². The standard InChI is InChI=1S/C19H24BrF/c1-11-3-16(4-12(2)17(11)21)18(20)19-8-13-5-14(9-19)7-15(6-13)10-19/h3-4,13-15,18H,5-10H2,1-2H3. The van der Waals surface area contributed by atoms with Crippen LogP contribution < -0.4 is 0 Å². The Morgan fingerprint density at radius 2 is 1.43 bits per heavy atom. The molecule has 4 aliphatic carbocycles. The van der Waals surface area contributed by atoms with Crippen molar-refractivity contribution in [3.05, 3.63) is 34.6 Å². The highest BCUT2D eigenvalue weighted by Gasteiger charge is 2.53. The molecular weight excluding hydrogens is 327 g/mol. The SMILES string of the molecule is Cc1cc(C(Br)C23CC4CC(CC(C4)C2)C3)cc(C)c1F. The first-order valence-electron chi connectivity index (χ1n) is 8.37. The molecule has 0 spiro atoms. The Balaban J connectivity index is 1.70. The Morgan fingerprint density at radius 3 is 1.86 bits per heavy atom. The maximum atomic E-state index is 13.9. The highest BCUT2D eigenvalue weighted by molar-refractivity contribution is 9.09. The average Bonchev–Trinajstić information content (AvgIpc) is 2.42. The molecule has 21 heavy (non-hydrogen) atoms. The second-order valence-corrected chi connectivity index (χ2v) is 9.03. The highest BCUT2D eigenvalue weighted by atomic mass is 79.9. The van der Waals surface area contributed by atoms with Gasteiger partial charge in [-0.2, -0.15) is 0 Å². The minimum absolute atomic E-state index is 0.0380. The summed E-state index contributed by atoms with van der Waals surface area (Å²) >= 11 is 4.04. The zero-order valence-corrected chi connectivity index (χ0v) is 14.5. The Morgan fingerprint density at radius 1 is 1.00 bits per heavy atom. The third-order valence-electron chi connectivity index (χ3n) is 6.37. The zero-order valence-electron chi connectivity index (χ0n) is 13.0. The first kappa shape index (κ1) is 14.2. The lowest BCUT2D eigenvalue weighted by Gasteiger charge is -2.58. The van der Waals surface area contributed by atoms with Gasteiger partial charge in [0.15, 0.2) is 0 Å². The molecule has 1 unspecified atom stereocenters. The monoisotopic (exact) mass is 350 g/mol. The summed E-state index contributed by atoms with van der Waals surface area (Å²) in [6, 6.07) is 4.14. The summed E-state index contributed by atoms with van der Waals surface area (Å²) in [4.78, 5) is 0.399. The van der Waals surface area contributed by atoms with Crippen LogP contribution in [0, 0.1) is 42.8 Å². The fourth-order valence-electron chi connectivity index (χ4n) is 5.97. The molecule has 0 aliphatic heterocycles. The van der Waals surface area contributed by atoms with Gasteiger partial charge in [0.05, 0.1) is 0 Å². The van der Waals surface area contributed by atoms with Crippen molar-refractivity contribution in [2.45, 2.75) is 57.2 Å². The molecule has 0 aromatic heterocycles. The maximum Gasteiger partial charge on any atom is 0.129 e. The van der Waals surface area contributed by atoms with Crippen molar-refractivity contribution >= 4 is 15.9 Å². The molecule has 114 valence electrons. The second-order valence-electron chi connectivity index (χ2n) is 8.11. The van der Waals surface area contributed by atoms with Crippen molar-refractivity contribution in [3.8, 4) is 0 Å². The average molecular weight is 351 g/mol. The van der Waals surface area contributed by atoms with Gasteiger partial charge >= 0.3 is 0 Å². The van der Waals surface area contributed by atoms with Crippen molar-refractivity contribution < 1.29 is 4.39 Å². The number of benzene rings is 1. The lowest BCUT2D eigenvalue weighted by atomic mass is 9.48. The van der Waals surface area contributed by atoms with E-state index in [-0.39, 0.29) is 5.82 Å². The molecule has 4 bridgehead atoms. The van der Waals surface area contributed by atoms with Crippen LogP contribution in [0.3, 0.4) is 0 Å². The first-order chi connectivity index (χ1) is 9.97. The van der Waals surface area contributed by atoms with Crippen LogP contribution in [-0.4, -0.2) is 0 Å². The van der Waals surface area contributed by atoms with E-state index in [0.717, 1.165) is 28.9 Å². The molecule has 0 radical (unpaired) electrons. The predicted octanol–water partition coefficient (Wildman–Crippen LogP) is 6.09. The number of halogens is 2.